The number of benzene rings is 1. The van der Waals surface area contributed by atoms with E-state index >= 15 is 0 Å². The smallest absolute Gasteiger partial charge is 0.406 e. The van der Waals surface area contributed by atoms with E-state index < -0.39 is 11.1 Å². The van der Waals surface area contributed by atoms with E-state index in [-0.39, 0.29) is 5.76 Å². The van der Waals surface area contributed by atoms with E-state index in [1.165, 1.54) is 6.26 Å². The average molecular weight is 313 g/mol. The number of piperazine rings is 1. The van der Waals surface area contributed by atoms with Gasteiger partial charge in [-0.1, -0.05) is 6.07 Å². The first-order valence-electron chi connectivity index (χ1n) is 6.55. The highest BCUT2D eigenvalue weighted by Gasteiger charge is 2.18. The molecule has 0 radical (unpaired) electrons. The summed E-state index contributed by atoms with van der Waals surface area (Å²) in [5.74, 6) is -0.387. The van der Waals surface area contributed by atoms with Crippen molar-refractivity contribution in [3.05, 3.63) is 28.7 Å². The van der Waals surface area contributed by atoms with E-state index in [0.717, 1.165) is 37.4 Å². The van der Waals surface area contributed by atoms with Crippen LogP contribution in [0.15, 0.2) is 27.4 Å². The van der Waals surface area contributed by atoms with Crippen LogP contribution in [0.2, 0.25) is 0 Å². The fourth-order valence-corrected chi connectivity index (χ4v) is 2.26. The summed E-state index contributed by atoms with van der Waals surface area (Å²) in [5.41, 5.74) is 2.45. The topological polar surface area (TPSA) is 89.8 Å². The lowest BCUT2D eigenvalue weighted by atomic mass is 10.2. The van der Waals surface area contributed by atoms with Crippen molar-refractivity contribution in [1.29, 1.82) is 0 Å². The van der Waals surface area contributed by atoms with Crippen LogP contribution in [-0.4, -0.2) is 58.1 Å². The zero-order valence-electron chi connectivity index (χ0n) is 12.0. The molecule has 1 aromatic carbocycles. The van der Waals surface area contributed by atoms with E-state index in [9.17, 15) is 4.79 Å². The SMILES string of the molecule is CN1CCN(c2cccc3[nH]c(=O)oc23)CC1.CS(=O)O. The Morgan fingerprint density at radius 3 is 2.52 bits per heavy atom. The Balaban J connectivity index is 0.000000361. The molecule has 1 unspecified atom stereocenters. The van der Waals surface area contributed by atoms with Gasteiger partial charge in [0.05, 0.1) is 11.2 Å². The molecule has 1 saturated heterocycles. The molecule has 2 heterocycles. The lowest BCUT2D eigenvalue weighted by molar-refractivity contribution is 0.313. The van der Waals surface area contributed by atoms with Gasteiger partial charge in [0.15, 0.2) is 5.58 Å². The normalized spacial score (nSPS) is 17.4. The summed E-state index contributed by atoms with van der Waals surface area (Å²) < 4.78 is 21.9. The molecule has 1 aliphatic rings. The highest BCUT2D eigenvalue weighted by atomic mass is 32.2. The molecule has 1 atom stereocenters. The summed E-state index contributed by atoms with van der Waals surface area (Å²) >= 11 is -1.61. The Hall–Kier alpha value is -1.64. The second kappa shape index (κ2) is 6.88. The molecule has 0 amide bonds. The third kappa shape index (κ3) is 4.16. The first-order valence-corrected chi connectivity index (χ1v) is 8.06. The predicted molar refractivity (Wildman–Crippen MR) is 83.2 cm³/mol. The molecule has 1 aliphatic heterocycles. The maximum Gasteiger partial charge on any atom is 0.417 e. The number of aromatic amines is 1. The summed E-state index contributed by atoms with van der Waals surface area (Å²) in [6.45, 7) is 3.99. The summed E-state index contributed by atoms with van der Waals surface area (Å²) in [6, 6.07) is 5.81. The van der Waals surface area contributed by atoms with Gasteiger partial charge in [-0.05, 0) is 19.2 Å². The van der Waals surface area contributed by atoms with Crippen LogP contribution in [0.4, 0.5) is 5.69 Å². The number of para-hydroxylation sites is 1. The Bertz CT molecular complexity index is 669. The van der Waals surface area contributed by atoms with Gasteiger partial charge in [-0.25, -0.2) is 9.00 Å². The molecule has 1 aromatic heterocycles. The second-order valence-electron chi connectivity index (χ2n) is 4.88. The first-order chi connectivity index (χ1) is 9.97. The van der Waals surface area contributed by atoms with Crippen molar-refractivity contribution in [2.24, 2.45) is 0 Å². The fraction of sp³-hybridized carbons (Fsp3) is 0.462. The zero-order chi connectivity index (χ0) is 15.4. The number of hydrogen-bond donors (Lipinski definition) is 2. The predicted octanol–water partition coefficient (Wildman–Crippen LogP) is 0.711. The number of nitrogens with one attached hydrogen (secondary N) is 1. The second-order valence-corrected chi connectivity index (χ2v) is 5.73. The Morgan fingerprint density at radius 2 is 1.90 bits per heavy atom. The van der Waals surface area contributed by atoms with Crippen molar-refractivity contribution in [2.75, 3.05) is 44.4 Å². The van der Waals surface area contributed by atoms with Crippen molar-refractivity contribution in [3.63, 3.8) is 0 Å². The number of rotatable bonds is 1. The number of likely N-dealkylation sites (N-methyl/N-ethyl adjacent to an activating group) is 1. The quantitative estimate of drug-likeness (QED) is 0.754. The molecule has 116 valence electrons. The summed E-state index contributed by atoms with van der Waals surface area (Å²) in [7, 11) is 2.12. The van der Waals surface area contributed by atoms with Crippen molar-refractivity contribution >= 4 is 27.9 Å². The van der Waals surface area contributed by atoms with E-state index in [1.54, 1.807) is 0 Å². The monoisotopic (exact) mass is 313 g/mol. The molecule has 0 spiro atoms. The third-order valence-corrected chi connectivity index (χ3v) is 3.27. The van der Waals surface area contributed by atoms with Crippen LogP contribution in [0.3, 0.4) is 0 Å². The molecular weight excluding hydrogens is 294 g/mol. The molecule has 0 saturated carbocycles. The van der Waals surface area contributed by atoms with Crippen LogP contribution in [0.1, 0.15) is 0 Å². The van der Waals surface area contributed by atoms with Gasteiger partial charge in [0.2, 0.25) is 0 Å². The van der Waals surface area contributed by atoms with Crippen LogP contribution in [0, 0.1) is 0 Å². The summed E-state index contributed by atoms with van der Waals surface area (Å²) in [5, 5.41) is 0. The van der Waals surface area contributed by atoms with Crippen molar-refractivity contribution < 1.29 is 13.2 Å². The number of nitrogens with zero attached hydrogens (tertiary/aromatic N) is 2. The average Bonchev–Trinajstić information content (AvgIpc) is 2.79. The van der Waals surface area contributed by atoms with Crippen LogP contribution >= 0.6 is 0 Å². The van der Waals surface area contributed by atoms with E-state index in [1.807, 2.05) is 18.2 Å². The van der Waals surface area contributed by atoms with Crippen molar-refractivity contribution in [1.82, 2.24) is 9.88 Å². The number of fused-ring (bicyclic) bond motifs is 1. The van der Waals surface area contributed by atoms with E-state index in [4.69, 9.17) is 13.2 Å². The minimum Gasteiger partial charge on any atom is -0.406 e. The maximum absolute atomic E-state index is 11.2. The van der Waals surface area contributed by atoms with Crippen LogP contribution in [0.5, 0.6) is 0 Å². The Kier molecular flexibility index (Phi) is 5.16. The molecular formula is C13H19N3O4S. The summed E-state index contributed by atoms with van der Waals surface area (Å²) in [6.07, 6.45) is 1.19. The first kappa shape index (κ1) is 15.7. The molecule has 2 N–H and O–H groups in total. The molecule has 0 aliphatic carbocycles. The van der Waals surface area contributed by atoms with E-state index in [0.29, 0.717) is 5.58 Å². The van der Waals surface area contributed by atoms with Crippen LogP contribution < -0.4 is 10.7 Å². The Morgan fingerprint density at radius 1 is 1.29 bits per heavy atom. The largest absolute Gasteiger partial charge is 0.417 e. The molecule has 8 heteroatoms. The number of aromatic nitrogens is 1. The van der Waals surface area contributed by atoms with Gasteiger partial charge in [0.1, 0.15) is 11.1 Å². The summed E-state index contributed by atoms with van der Waals surface area (Å²) in [4.78, 5) is 18.5. The van der Waals surface area contributed by atoms with Gasteiger partial charge in [-0.3, -0.25) is 4.98 Å². The van der Waals surface area contributed by atoms with Gasteiger partial charge >= 0.3 is 5.76 Å². The zero-order valence-corrected chi connectivity index (χ0v) is 12.9. The molecule has 1 fully saturated rings. The molecule has 21 heavy (non-hydrogen) atoms. The van der Waals surface area contributed by atoms with Gasteiger partial charge in [0.25, 0.3) is 0 Å². The van der Waals surface area contributed by atoms with Gasteiger partial charge in [0, 0.05) is 32.4 Å². The molecule has 0 bridgehead atoms. The standard InChI is InChI=1S/C12H15N3O2.CH4O2S/c1-14-5-7-15(8-6-14)10-4-2-3-9-11(10)17-12(16)13-9;1-4(2)3/h2-4H,5-8H2,1H3,(H,13,16);1H3,(H,2,3). The maximum atomic E-state index is 11.2. The number of oxazole rings is 1. The fourth-order valence-electron chi connectivity index (χ4n) is 2.26. The molecule has 3 rings (SSSR count). The molecule has 7 nitrogen and oxygen atoms in total. The van der Waals surface area contributed by atoms with Crippen LogP contribution in [0.25, 0.3) is 11.1 Å². The minimum absolute atomic E-state index is 0.387. The number of hydrogen-bond acceptors (Lipinski definition) is 5. The lowest BCUT2D eigenvalue weighted by Crippen LogP contribution is -2.44. The lowest BCUT2D eigenvalue weighted by Gasteiger charge is -2.33. The highest BCUT2D eigenvalue weighted by Crippen LogP contribution is 2.25. The van der Waals surface area contributed by atoms with Gasteiger partial charge in [-0.2, -0.15) is 0 Å². The number of anilines is 1. The Labute approximate surface area is 124 Å². The highest BCUT2D eigenvalue weighted by molar-refractivity contribution is 7.78. The number of H-pyrrole nitrogens is 1. The van der Waals surface area contributed by atoms with Crippen molar-refractivity contribution in [3.8, 4) is 0 Å². The molecule has 2 aromatic rings. The third-order valence-electron chi connectivity index (χ3n) is 3.27. The van der Waals surface area contributed by atoms with E-state index in [2.05, 4.69) is 21.8 Å². The van der Waals surface area contributed by atoms with Crippen LogP contribution in [-0.2, 0) is 11.1 Å². The minimum atomic E-state index is -1.61. The van der Waals surface area contributed by atoms with Gasteiger partial charge in [-0.15, -0.1) is 0 Å². The van der Waals surface area contributed by atoms with Crippen molar-refractivity contribution in [2.45, 2.75) is 0 Å². The van der Waals surface area contributed by atoms with Gasteiger partial charge < -0.3 is 18.8 Å².